The van der Waals surface area contributed by atoms with Crippen LogP contribution in [0, 0.1) is 22.7 Å². The highest BCUT2D eigenvalue weighted by molar-refractivity contribution is 4.92. The maximum atomic E-state index is 12.8. The monoisotopic (exact) mass is 230 g/mol. The molecule has 3 atom stereocenters. The Balaban J connectivity index is 2.85. The first-order valence-corrected chi connectivity index (χ1v) is 6.34. The minimum atomic E-state index is -0.247. The van der Waals surface area contributed by atoms with Crippen molar-refractivity contribution in [3.05, 3.63) is 0 Å². The summed E-state index contributed by atoms with van der Waals surface area (Å²) < 4.78 is 18.7. The summed E-state index contributed by atoms with van der Waals surface area (Å²) in [5.41, 5.74) is 0.324. The minimum absolute atomic E-state index is 0.0998. The topological polar surface area (TPSA) is 9.23 Å². The Morgan fingerprint density at radius 3 is 2.00 bits per heavy atom. The van der Waals surface area contributed by atoms with Gasteiger partial charge in [-0.1, -0.05) is 41.5 Å². The summed E-state index contributed by atoms with van der Waals surface area (Å²) in [5.74, 6) is 0.546. The molecule has 2 heteroatoms. The Kier molecular flexibility index (Phi) is 4.04. The number of halogens is 1. The maximum absolute atomic E-state index is 12.8. The van der Waals surface area contributed by atoms with Crippen LogP contribution in [0.4, 0.5) is 4.39 Å². The lowest BCUT2D eigenvalue weighted by atomic mass is 9.65. The lowest BCUT2D eigenvalue weighted by molar-refractivity contribution is -0.138. The van der Waals surface area contributed by atoms with Gasteiger partial charge >= 0.3 is 0 Å². The van der Waals surface area contributed by atoms with Gasteiger partial charge < -0.3 is 4.74 Å². The predicted octanol–water partition coefficient (Wildman–Crippen LogP) is 4.07. The molecular weight excluding hydrogens is 203 g/mol. The molecule has 1 saturated heterocycles. The molecule has 1 aliphatic heterocycles. The normalized spacial score (nSPS) is 32.8. The highest BCUT2D eigenvalue weighted by Gasteiger charge is 2.43. The van der Waals surface area contributed by atoms with Gasteiger partial charge in [0, 0.05) is 5.92 Å². The quantitative estimate of drug-likeness (QED) is 0.660. The zero-order chi connectivity index (χ0) is 12.6. The summed E-state index contributed by atoms with van der Waals surface area (Å²) in [4.78, 5) is 0. The van der Waals surface area contributed by atoms with E-state index < -0.39 is 0 Å². The van der Waals surface area contributed by atoms with Gasteiger partial charge in [0.25, 0.3) is 0 Å². The van der Waals surface area contributed by atoms with E-state index in [1.54, 1.807) is 0 Å². The molecule has 0 spiro atoms. The van der Waals surface area contributed by atoms with Crippen LogP contribution in [0.25, 0.3) is 0 Å². The first-order valence-electron chi connectivity index (χ1n) is 6.34. The molecule has 1 fully saturated rings. The molecule has 1 nitrogen and oxygen atoms in total. The lowest BCUT2D eigenvalue weighted by Gasteiger charge is -2.48. The first kappa shape index (κ1) is 14.0. The van der Waals surface area contributed by atoms with Gasteiger partial charge in [-0.25, -0.2) is 0 Å². The Labute approximate surface area is 99.8 Å². The fourth-order valence-electron chi connectivity index (χ4n) is 2.68. The van der Waals surface area contributed by atoms with Crippen molar-refractivity contribution in [3.63, 3.8) is 0 Å². The number of hydrogen-bond donors (Lipinski definition) is 0. The molecule has 0 aromatic heterocycles. The van der Waals surface area contributed by atoms with E-state index in [1.165, 1.54) is 0 Å². The third-order valence-corrected chi connectivity index (χ3v) is 3.65. The average Bonchev–Trinajstić information content (AvgIpc) is 2.14. The van der Waals surface area contributed by atoms with Gasteiger partial charge in [-0.15, -0.1) is 0 Å². The molecular formula is C14H27FO. The van der Waals surface area contributed by atoms with Gasteiger partial charge in [-0.3, -0.25) is 4.39 Å². The van der Waals surface area contributed by atoms with E-state index in [0.717, 1.165) is 6.42 Å². The largest absolute Gasteiger partial charge is 0.377 e. The van der Waals surface area contributed by atoms with Crippen LogP contribution in [0.15, 0.2) is 0 Å². The van der Waals surface area contributed by atoms with Gasteiger partial charge in [0.05, 0.1) is 19.4 Å². The van der Waals surface area contributed by atoms with Crippen LogP contribution in [0.5, 0.6) is 0 Å². The van der Waals surface area contributed by atoms with Crippen LogP contribution >= 0.6 is 0 Å². The summed E-state index contributed by atoms with van der Waals surface area (Å²) in [6.07, 6.45) is 1.21. The molecule has 0 amide bonds. The Bertz CT molecular complexity index is 224. The molecule has 1 heterocycles. The zero-order valence-electron chi connectivity index (χ0n) is 11.6. The molecule has 0 aliphatic carbocycles. The Morgan fingerprint density at radius 2 is 1.62 bits per heavy atom. The molecule has 0 aromatic rings. The molecule has 0 aromatic carbocycles. The van der Waals surface area contributed by atoms with Gasteiger partial charge in [0.15, 0.2) is 0 Å². The van der Waals surface area contributed by atoms with E-state index >= 15 is 0 Å². The van der Waals surface area contributed by atoms with Gasteiger partial charge in [0.1, 0.15) is 0 Å². The van der Waals surface area contributed by atoms with Crippen LogP contribution in [0.1, 0.15) is 48.0 Å². The Morgan fingerprint density at radius 1 is 1.06 bits per heavy atom. The molecule has 2 unspecified atom stereocenters. The first-order chi connectivity index (χ1) is 7.16. The fourth-order valence-corrected chi connectivity index (χ4v) is 2.68. The van der Waals surface area contributed by atoms with Crippen LogP contribution in [0.2, 0.25) is 0 Å². The van der Waals surface area contributed by atoms with E-state index in [1.807, 2.05) is 0 Å². The molecule has 1 aliphatic rings. The van der Waals surface area contributed by atoms with Crippen molar-refractivity contribution in [1.29, 1.82) is 0 Å². The minimum Gasteiger partial charge on any atom is -0.377 e. The number of alkyl halides is 1. The van der Waals surface area contributed by atoms with Gasteiger partial charge in [-0.2, -0.15) is 0 Å². The third-order valence-electron chi connectivity index (χ3n) is 3.65. The maximum Gasteiger partial charge on any atom is 0.0944 e. The number of hydrogen-bond acceptors (Lipinski definition) is 1. The van der Waals surface area contributed by atoms with Crippen LogP contribution in [-0.2, 0) is 4.74 Å². The van der Waals surface area contributed by atoms with Crippen molar-refractivity contribution in [2.45, 2.75) is 54.1 Å². The van der Waals surface area contributed by atoms with Crippen LogP contribution in [0.3, 0.4) is 0 Å². The SMILES string of the molecule is CC(C)(C)C1OCC(CF)C[C@@H]1C(C)(C)C. The lowest BCUT2D eigenvalue weighted by Crippen LogP contribution is -2.48. The predicted molar refractivity (Wildman–Crippen MR) is 66.2 cm³/mol. The summed E-state index contributed by atoms with van der Waals surface area (Å²) in [7, 11) is 0. The highest BCUT2D eigenvalue weighted by Crippen LogP contribution is 2.44. The number of ether oxygens (including phenoxy) is 1. The Hall–Kier alpha value is -0.110. The summed E-state index contributed by atoms with van der Waals surface area (Å²) in [6, 6.07) is 0. The van der Waals surface area contributed by atoms with E-state index in [9.17, 15) is 4.39 Å². The second kappa shape index (κ2) is 4.64. The average molecular weight is 230 g/mol. The van der Waals surface area contributed by atoms with Crippen LogP contribution < -0.4 is 0 Å². The molecule has 96 valence electrons. The summed E-state index contributed by atoms with van der Waals surface area (Å²) in [5, 5.41) is 0. The van der Waals surface area contributed by atoms with Crippen molar-refractivity contribution in [3.8, 4) is 0 Å². The molecule has 0 radical (unpaired) electrons. The van der Waals surface area contributed by atoms with Crippen molar-refractivity contribution in [2.75, 3.05) is 13.3 Å². The highest BCUT2D eigenvalue weighted by atomic mass is 19.1. The van der Waals surface area contributed by atoms with E-state index in [-0.39, 0.29) is 29.5 Å². The van der Waals surface area contributed by atoms with E-state index in [4.69, 9.17) is 4.74 Å². The van der Waals surface area contributed by atoms with E-state index in [2.05, 4.69) is 41.5 Å². The summed E-state index contributed by atoms with van der Waals surface area (Å²) in [6.45, 7) is 13.7. The van der Waals surface area contributed by atoms with Crippen LogP contribution in [-0.4, -0.2) is 19.4 Å². The second-order valence-electron chi connectivity index (χ2n) is 7.35. The fraction of sp³-hybridized carbons (Fsp3) is 1.00. The summed E-state index contributed by atoms with van der Waals surface area (Å²) >= 11 is 0. The van der Waals surface area contributed by atoms with E-state index in [0.29, 0.717) is 12.5 Å². The standard InChI is InChI=1S/C14H27FO/c1-13(2,3)11-7-10(8-15)9-16-12(11)14(4,5)6/h10-12H,7-9H2,1-6H3/t10?,11-,12?/m0/s1. The molecule has 0 saturated carbocycles. The van der Waals surface area contributed by atoms with Gasteiger partial charge in [-0.05, 0) is 23.2 Å². The second-order valence-corrected chi connectivity index (χ2v) is 7.35. The zero-order valence-corrected chi connectivity index (χ0v) is 11.6. The molecule has 0 bridgehead atoms. The van der Waals surface area contributed by atoms with Crippen molar-refractivity contribution in [2.24, 2.45) is 22.7 Å². The van der Waals surface area contributed by atoms with Gasteiger partial charge in [0.2, 0.25) is 0 Å². The molecule has 16 heavy (non-hydrogen) atoms. The smallest absolute Gasteiger partial charge is 0.0944 e. The van der Waals surface area contributed by atoms with Crippen molar-refractivity contribution >= 4 is 0 Å². The number of rotatable bonds is 1. The third kappa shape index (κ3) is 3.19. The van der Waals surface area contributed by atoms with Crippen molar-refractivity contribution in [1.82, 2.24) is 0 Å². The molecule has 0 N–H and O–H groups in total. The molecule has 1 rings (SSSR count). The van der Waals surface area contributed by atoms with Crippen molar-refractivity contribution < 1.29 is 9.13 Å².